The van der Waals surface area contributed by atoms with Crippen molar-refractivity contribution >= 4 is 5.91 Å². The Kier molecular flexibility index (Phi) is 6.07. The molecule has 4 heteroatoms. The lowest BCUT2D eigenvalue weighted by Crippen LogP contribution is -2.48. The number of hydrogen-bond acceptors (Lipinski definition) is 3. The van der Waals surface area contributed by atoms with Crippen LogP contribution in [0.25, 0.3) is 0 Å². The molecule has 25 heavy (non-hydrogen) atoms. The van der Waals surface area contributed by atoms with E-state index in [-0.39, 0.29) is 5.91 Å². The summed E-state index contributed by atoms with van der Waals surface area (Å²) in [6.07, 6.45) is 2.46. The number of carbonyl (C=O) groups excluding carboxylic acids is 1. The molecule has 1 N–H and O–H groups in total. The van der Waals surface area contributed by atoms with Crippen LogP contribution < -0.4 is 10.1 Å². The molecular formula is C21H26N2O2. The average Bonchev–Trinajstić information content (AvgIpc) is 2.65. The van der Waals surface area contributed by atoms with Crippen LogP contribution in [0.4, 0.5) is 0 Å². The Balaban J connectivity index is 1.50. The predicted octanol–water partition coefficient (Wildman–Crippen LogP) is 3.02. The van der Waals surface area contributed by atoms with Gasteiger partial charge in [0, 0.05) is 25.6 Å². The van der Waals surface area contributed by atoms with E-state index in [4.69, 9.17) is 4.74 Å². The van der Waals surface area contributed by atoms with E-state index in [0.717, 1.165) is 31.7 Å². The minimum absolute atomic E-state index is 0.256. The van der Waals surface area contributed by atoms with E-state index in [0.29, 0.717) is 19.0 Å². The van der Waals surface area contributed by atoms with E-state index in [1.165, 1.54) is 11.1 Å². The molecule has 1 atom stereocenters. The molecule has 2 aromatic rings. The molecule has 0 bridgehead atoms. The Morgan fingerprint density at radius 2 is 1.88 bits per heavy atom. The third kappa shape index (κ3) is 4.83. The molecule has 132 valence electrons. The van der Waals surface area contributed by atoms with Crippen LogP contribution in [0.5, 0.6) is 5.75 Å². The van der Waals surface area contributed by atoms with Gasteiger partial charge in [0.1, 0.15) is 5.75 Å². The quantitative estimate of drug-likeness (QED) is 0.844. The van der Waals surface area contributed by atoms with Gasteiger partial charge in [0.2, 0.25) is 5.91 Å². The van der Waals surface area contributed by atoms with Crippen LogP contribution in [-0.2, 0) is 17.8 Å². The summed E-state index contributed by atoms with van der Waals surface area (Å²) in [5.74, 6) is 1.19. The number of hydrogen-bond donors (Lipinski definition) is 1. The van der Waals surface area contributed by atoms with Crippen LogP contribution in [0, 0.1) is 0 Å². The fraction of sp³-hybridized carbons (Fsp3) is 0.381. The Bertz CT molecular complexity index is 687. The van der Waals surface area contributed by atoms with Crippen LogP contribution >= 0.6 is 0 Å². The largest absolute Gasteiger partial charge is 0.496 e. The molecule has 0 saturated carbocycles. The number of methoxy groups -OCH3 is 1. The van der Waals surface area contributed by atoms with Gasteiger partial charge in [-0.2, -0.15) is 0 Å². The predicted molar refractivity (Wildman–Crippen MR) is 99.6 cm³/mol. The number of carbonyl (C=O) groups is 1. The molecule has 1 amide bonds. The van der Waals surface area contributed by atoms with Crippen molar-refractivity contribution in [1.29, 1.82) is 0 Å². The van der Waals surface area contributed by atoms with Crippen molar-refractivity contribution in [2.45, 2.75) is 31.8 Å². The summed E-state index contributed by atoms with van der Waals surface area (Å²) in [5, 5.41) is 3.61. The standard InChI is InChI=1S/C21H26N2O2/c1-25-20-10-6-5-9-18(20)13-14-22-19-11-12-21(24)23(16-19)15-17-7-3-2-4-8-17/h2-10,19,22H,11-16H2,1H3. The van der Waals surface area contributed by atoms with E-state index in [1.54, 1.807) is 7.11 Å². The fourth-order valence-electron chi connectivity index (χ4n) is 3.36. The first kappa shape index (κ1) is 17.5. The number of benzene rings is 2. The number of rotatable bonds is 7. The van der Waals surface area contributed by atoms with Gasteiger partial charge in [-0.05, 0) is 36.6 Å². The maximum Gasteiger partial charge on any atom is 0.222 e. The van der Waals surface area contributed by atoms with Gasteiger partial charge in [-0.3, -0.25) is 4.79 Å². The molecule has 1 unspecified atom stereocenters. The minimum atomic E-state index is 0.256. The van der Waals surface area contributed by atoms with E-state index >= 15 is 0 Å². The first-order valence-corrected chi connectivity index (χ1v) is 8.93. The Labute approximate surface area is 149 Å². The van der Waals surface area contributed by atoms with Crippen LogP contribution in [-0.4, -0.2) is 37.0 Å². The zero-order valence-electron chi connectivity index (χ0n) is 14.8. The summed E-state index contributed by atoms with van der Waals surface area (Å²) < 4.78 is 5.40. The molecular weight excluding hydrogens is 312 g/mol. The third-order valence-corrected chi connectivity index (χ3v) is 4.74. The topological polar surface area (TPSA) is 41.6 Å². The van der Waals surface area contributed by atoms with E-state index in [2.05, 4.69) is 23.5 Å². The molecule has 1 saturated heterocycles. The van der Waals surface area contributed by atoms with Crippen LogP contribution in [0.2, 0.25) is 0 Å². The molecule has 0 radical (unpaired) electrons. The van der Waals surface area contributed by atoms with Crippen LogP contribution in [0.1, 0.15) is 24.0 Å². The van der Waals surface area contributed by atoms with Gasteiger partial charge in [0.15, 0.2) is 0 Å². The Morgan fingerprint density at radius 3 is 2.68 bits per heavy atom. The molecule has 0 aliphatic carbocycles. The van der Waals surface area contributed by atoms with Gasteiger partial charge >= 0.3 is 0 Å². The number of ether oxygens (including phenoxy) is 1. The molecule has 3 rings (SSSR count). The summed E-state index contributed by atoms with van der Waals surface area (Å²) >= 11 is 0. The van der Waals surface area contributed by atoms with Crippen molar-refractivity contribution in [2.24, 2.45) is 0 Å². The maximum absolute atomic E-state index is 12.2. The molecule has 1 aliphatic rings. The van der Waals surface area contributed by atoms with Gasteiger partial charge in [0.25, 0.3) is 0 Å². The third-order valence-electron chi connectivity index (χ3n) is 4.74. The van der Waals surface area contributed by atoms with Crippen molar-refractivity contribution in [3.8, 4) is 5.75 Å². The van der Waals surface area contributed by atoms with Crippen molar-refractivity contribution in [1.82, 2.24) is 10.2 Å². The zero-order chi connectivity index (χ0) is 17.5. The fourth-order valence-corrected chi connectivity index (χ4v) is 3.36. The van der Waals surface area contributed by atoms with E-state index in [1.807, 2.05) is 41.3 Å². The highest BCUT2D eigenvalue weighted by molar-refractivity contribution is 5.77. The van der Waals surface area contributed by atoms with Gasteiger partial charge in [0.05, 0.1) is 7.11 Å². The number of piperidine rings is 1. The van der Waals surface area contributed by atoms with Gasteiger partial charge in [-0.1, -0.05) is 48.5 Å². The number of para-hydroxylation sites is 1. The first-order chi connectivity index (χ1) is 12.3. The number of nitrogens with one attached hydrogen (secondary N) is 1. The lowest BCUT2D eigenvalue weighted by Gasteiger charge is -2.33. The summed E-state index contributed by atoms with van der Waals surface area (Å²) in [6, 6.07) is 18.7. The van der Waals surface area contributed by atoms with E-state index < -0.39 is 0 Å². The maximum atomic E-state index is 12.2. The number of likely N-dealkylation sites (tertiary alicyclic amines) is 1. The zero-order valence-corrected chi connectivity index (χ0v) is 14.8. The molecule has 1 heterocycles. The second-order valence-corrected chi connectivity index (χ2v) is 6.51. The van der Waals surface area contributed by atoms with Gasteiger partial charge in [-0.15, -0.1) is 0 Å². The van der Waals surface area contributed by atoms with Crippen molar-refractivity contribution in [3.63, 3.8) is 0 Å². The lowest BCUT2D eigenvalue weighted by molar-refractivity contribution is -0.134. The monoisotopic (exact) mass is 338 g/mol. The lowest BCUT2D eigenvalue weighted by atomic mass is 10.0. The van der Waals surface area contributed by atoms with E-state index in [9.17, 15) is 4.79 Å². The van der Waals surface area contributed by atoms with Crippen LogP contribution in [0.3, 0.4) is 0 Å². The Morgan fingerprint density at radius 1 is 1.12 bits per heavy atom. The average molecular weight is 338 g/mol. The summed E-state index contributed by atoms with van der Waals surface area (Å²) in [4.78, 5) is 14.2. The van der Waals surface area contributed by atoms with Crippen molar-refractivity contribution < 1.29 is 9.53 Å². The molecule has 1 fully saturated rings. The SMILES string of the molecule is COc1ccccc1CCNC1CCC(=O)N(Cc2ccccc2)C1. The number of nitrogens with zero attached hydrogens (tertiary/aromatic N) is 1. The minimum Gasteiger partial charge on any atom is -0.496 e. The second-order valence-electron chi connectivity index (χ2n) is 6.51. The highest BCUT2D eigenvalue weighted by Gasteiger charge is 2.25. The summed E-state index contributed by atoms with van der Waals surface area (Å²) in [6.45, 7) is 2.36. The highest BCUT2D eigenvalue weighted by atomic mass is 16.5. The molecule has 1 aliphatic heterocycles. The Hall–Kier alpha value is -2.33. The highest BCUT2D eigenvalue weighted by Crippen LogP contribution is 2.18. The molecule has 0 spiro atoms. The van der Waals surface area contributed by atoms with Crippen molar-refractivity contribution in [2.75, 3.05) is 20.2 Å². The summed E-state index contributed by atoms with van der Waals surface area (Å²) in [7, 11) is 1.71. The normalized spacial score (nSPS) is 17.6. The first-order valence-electron chi connectivity index (χ1n) is 8.93. The summed E-state index contributed by atoms with van der Waals surface area (Å²) in [5.41, 5.74) is 2.40. The second kappa shape index (κ2) is 8.67. The van der Waals surface area contributed by atoms with Gasteiger partial charge < -0.3 is 15.0 Å². The molecule has 2 aromatic carbocycles. The smallest absolute Gasteiger partial charge is 0.222 e. The van der Waals surface area contributed by atoms with Crippen molar-refractivity contribution in [3.05, 3.63) is 65.7 Å². The number of amides is 1. The van der Waals surface area contributed by atoms with Crippen LogP contribution in [0.15, 0.2) is 54.6 Å². The molecule has 4 nitrogen and oxygen atoms in total. The molecule has 0 aromatic heterocycles. The van der Waals surface area contributed by atoms with Gasteiger partial charge in [-0.25, -0.2) is 0 Å².